The average molecular weight is 500 g/mol. The number of anilines is 1. The lowest BCUT2D eigenvalue weighted by molar-refractivity contribution is -0.669. The van der Waals surface area contributed by atoms with E-state index in [0.717, 1.165) is 0 Å². The second-order valence-electron chi connectivity index (χ2n) is 6.75. The third-order valence-electron chi connectivity index (χ3n) is 4.38. The first-order valence-corrected chi connectivity index (χ1v) is 10.7. The molecule has 0 bridgehead atoms. The van der Waals surface area contributed by atoms with Crippen molar-refractivity contribution in [2.24, 2.45) is 12.1 Å². The number of amides is 1. The smallest absolute Gasteiger partial charge is 0.377 e. The van der Waals surface area contributed by atoms with Crippen LogP contribution in [0.25, 0.3) is 5.82 Å². The lowest BCUT2D eigenvalue weighted by Gasteiger charge is -2.06. The summed E-state index contributed by atoms with van der Waals surface area (Å²) in [7, 11) is 1.78. The van der Waals surface area contributed by atoms with E-state index in [1.807, 2.05) is 0 Å². The highest BCUT2D eigenvalue weighted by atomic mass is 32.2. The molecule has 16 nitrogen and oxygen atoms in total. The number of aliphatic carboxylic acids is 1. The molecule has 4 aromatic rings. The molecule has 0 aliphatic rings. The van der Waals surface area contributed by atoms with E-state index in [-0.39, 0.29) is 23.1 Å². The number of H-pyrrole nitrogens is 1. The predicted octanol–water partition coefficient (Wildman–Crippen LogP) is -0.700. The highest BCUT2D eigenvalue weighted by molar-refractivity contribution is 7.98. The van der Waals surface area contributed by atoms with E-state index in [4.69, 9.17) is 15.6 Å². The molecule has 4 rings (SSSR count). The maximum Gasteiger partial charge on any atom is 0.377 e. The number of thioether (sulfide) groups is 1. The SMILES string of the molecule is Cn1cnnc1SCc1c(C(=O)NN=Cc2ccccc2OCC(=O)O)n[nH][n+]1-c1nonc1N. The molecular weight excluding hydrogens is 482 g/mol. The molecule has 0 radical (unpaired) electrons. The van der Waals surface area contributed by atoms with Crippen molar-refractivity contribution in [3.63, 3.8) is 0 Å². The fourth-order valence-electron chi connectivity index (χ4n) is 2.77. The number of carboxylic acids is 1. The molecule has 0 saturated carbocycles. The van der Waals surface area contributed by atoms with Crippen molar-refractivity contribution in [1.29, 1.82) is 0 Å². The van der Waals surface area contributed by atoms with Crippen LogP contribution in [-0.2, 0) is 17.6 Å². The Balaban J connectivity index is 1.55. The number of benzene rings is 1. The van der Waals surface area contributed by atoms with Gasteiger partial charge in [0.2, 0.25) is 0 Å². The van der Waals surface area contributed by atoms with Crippen LogP contribution < -0.4 is 20.6 Å². The van der Waals surface area contributed by atoms with Crippen LogP contribution in [0.1, 0.15) is 21.7 Å². The summed E-state index contributed by atoms with van der Waals surface area (Å²) in [5.74, 6) is -1.12. The number of para-hydroxylation sites is 1. The fraction of sp³-hybridized carbons (Fsp3) is 0.167. The Morgan fingerprint density at radius 1 is 1.40 bits per heavy atom. The number of rotatable bonds is 10. The molecule has 0 fully saturated rings. The highest BCUT2D eigenvalue weighted by Gasteiger charge is 2.30. The molecule has 0 atom stereocenters. The van der Waals surface area contributed by atoms with Gasteiger partial charge in [-0.3, -0.25) is 4.79 Å². The molecule has 1 amide bonds. The van der Waals surface area contributed by atoms with E-state index in [1.165, 1.54) is 22.7 Å². The number of nitrogens with two attached hydrogens (primary N) is 1. The molecule has 17 heteroatoms. The minimum atomic E-state index is -1.12. The van der Waals surface area contributed by atoms with Crippen molar-refractivity contribution in [3.05, 3.63) is 47.5 Å². The highest BCUT2D eigenvalue weighted by Crippen LogP contribution is 2.21. The van der Waals surface area contributed by atoms with Gasteiger partial charge in [0.1, 0.15) is 17.2 Å². The van der Waals surface area contributed by atoms with Crippen molar-refractivity contribution < 1.29 is 28.7 Å². The Morgan fingerprint density at radius 2 is 2.23 bits per heavy atom. The zero-order chi connectivity index (χ0) is 24.8. The fourth-order valence-corrected chi connectivity index (χ4v) is 3.66. The summed E-state index contributed by atoms with van der Waals surface area (Å²) in [6.45, 7) is -0.517. The average Bonchev–Trinajstić information content (AvgIpc) is 3.56. The topological polar surface area (TPSA) is 216 Å². The van der Waals surface area contributed by atoms with Gasteiger partial charge in [0.25, 0.3) is 11.5 Å². The standard InChI is InChI=1S/C18H17N11O5S/c1-28-9-21-24-18(28)35-8-11-14(22-27-29(11)16-15(19)25-34-26-16)17(32)23-20-6-10-4-2-3-5-12(10)33-7-13(30)31/h2-6,9H,7-8H2,1H3,(H4,19,23,25,30,31,32)/p+1. The number of aromatic nitrogens is 8. The molecule has 0 aliphatic carbocycles. The van der Waals surface area contributed by atoms with Crippen LogP contribution >= 0.6 is 11.8 Å². The summed E-state index contributed by atoms with van der Waals surface area (Å²) in [6.07, 6.45) is 2.87. The molecule has 0 spiro atoms. The molecule has 0 unspecified atom stereocenters. The van der Waals surface area contributed by atoms with Crippen molar-refractivity contribution >= 4 is 35.7 Å². The molecule has 35 heavy (non-hydrogen) atoms. The normalized spacial score (nSPS) is 11.1. The number of nitrogens with zero attached hydrogens (tertiary/aromatic N) is 8. The Morgan fingerprint density at radius 3 is 2.94 bits per heavy atom. The number of hydrogen-bond donors (Lipinski definition) is 4. The van der Waals surface area contributed by atoms with Crippen LogP contribution in [0.15, 0.2) is 45.5 Å². The minimum absolute atomic E-state index is 0.00787. The number of carboxylic acid groups (broad SMARTS) is 1. The first kappa shape index (κ1) is 23.4. The van der Waals surface area contributed by atoms with Crippen LogP contribution in [0.2, 0.25) is 0 Å². The van der Waals surface area contributed by atoms with E-state index in [0.29, 0.717) is 22.2 Å². The summed E-state index contributed by atoms with van der Waals surface area (Å²) in [5, 5.41) is 35.2. The first-order valence-electron chi connectivity index (χ1n) is 9.75. The van der Waals surface area contributed by atoms with Crippen LogP contribution in [0.4, 0.5) is 5.82 Å². The second kappa shape index (κ2) is 10.4. The molecule has 3 aromatic heterocycles. The van der Waals surface area contributed by atoms with Crippen molar-refractivity contribution in [2.45, 2.75) is 10.9 Å². The summed E-state index contributed by atoms with van der Waals surface area (Å²) < 4.78 is 13.0. The van der Waals surface area contributed by atoms with Gasteiger partial charge < -0.3 is 20.1 Å². The maximum absolute atomic E-state index is 12.9. The second-order valence-corrected chi connectivity index (χ2v) is 7.69. The molecule has 0 saturated heterocycles. The molecule has 0 aliphatic heterocycles. The largest absolute Gasteiger partial charge is 0.481 e. The van der Waals surface area contributed by atoms with Gasteiger partial charge in [-0.2, -0.15) is 9.73 Å². The van der Waals surface area contributed by atoms with Gasteiger partial charge in [0.05, 0.1) is 12.0 Å². The number of ether oxygens (including phenoxy) is 1. The van der Waals surface area contributed by atoms with Gasteiger partial charge in [0, 0.05) is 12.6 Å². The Labute approximate surface area is 200 Å². The van der Waals surface area contributed by atoms with Crippen LogP contribution in [0, 0.1) is 0 Å². The molecule has 1 aromatic carbocycles. The predicted molar refractivity (Wildman–Crippen MR) is 118 cm³/mol. The minimum Gasteiger partial charge on any atom is -0.481 e. The van der Waals surface area contributed by atoms with E-state index in [2.05, 4.69) is 46.0 Å². The number of hydrogen-bond acceptors (Lipinski definition) is 12. The number of carbonyl (C=O) groups is 2. The van der Waals surface area contributed by atoms with E-state index in [1.54, 1.807) is 42.2 Å². The Hall–Kier alpha value is -4.80. The lowest BCUT2D eigenvalue weighted by atomic mass is 10.2. The van der Waals surface area contributed by atoms with E-state index >= 15 is 0 Å². The number of carbonyl (C=O) groups excluding carboxylic acids is 1. The number of nitrogen functional groups attached to an aromatic ring is 1. The third kappa shape index (κ3) is 5.41. The van der Waals surface area contributed by atoms with Crippen LogP contribution in [0.3, 0.4) is 0 Å². The molecule has 3 heterocycles. The monoisotopic (exact) mass is 500 g/mol. The van der Waals surface area contributed by atoms with Gasteiger partial charge in [-0.1, -0.05) is 23.9 Å². The van der Waals surface area contributed by atoms with E-state index < -0.39 is 18.5 Å². The van der Waals surface area contributed by atoms with E-state index in [9.17, 15) is 9.59 Å². The van der Waals surface area contributed by atoms with Gasteiger partial charge in [-0.05, 0) is 22.4 Å². The number of hydrazone groups is 1. The quantitative estimate of drug-likeness (QED) is 0.0920. The van der Waals surface area contributed by atoms with Crippen molar-refractivity contribution in [1.82, 2.24) is 40.8 Å². The molecular formula is C18H18N11O5S+. The molecule has 180 valence electrons. The number of nitrogens with one attached hydrogen (secondary N) is 2. The van der Waals surface area contributed by atoms with Crippen LogP contribution in [0.5, 0.6) is 5.75 Å². The maximum atomic E-state index is 12.9. The van der Waals surface area contributed by atoms with Gasteiger partial charge in [0.15, 0.2) is 17.5 Å². The number of aromatic amines is 1. The van der Waals surface area contributed by atoms with Crippen LogP contribution in [-0.4, -0.2) is 65.2 Å². The molecule has 5 N–H and O–H groups in total. The van der Waals surface area contributed by atoms with Gasteiger partial charge in [-0.25, -0.2) is 10.2 Å². The van der Waals surface area contributed by atoms with Crippen molar-refractivity contribution in [3.8, 4) is 11.6 Å². The zero-order valence-corrected chi connectivity index (χ0v) is 18.8. The van der Waals surface area contributed by atoms with Gasteiger partial charge in [-0.15, -0.1) is 20.1 Å². The first-order chi connectivity index (χ1) is 16.9. The number of aryl methyl sites for hydroxylation is 1. The third-order valence-corrected chi connectivity index (χ3v) is 5.42. The summed E-state index contributed by atoms with van der Waals surface area (Å²) in [4.78, 5) is 23.7. The Bertz CT molecular complexity index is 1380. The van der Waals surface area contributed by atoms with Gasteiger partial charge >= 0.3 is 17.7 Å². The summed E-state index contributed by atoms with van der Waals surface area (Å²) in [6, 6.07) is 6.63. The Kier molecular flexibility index (Phi) is 6.96. The van der Waals surface area contributed by atoms with Crippen molar-refractivity contribution in [2.75, 3.05) is 12.3 Å². The summed E-state index contributed by atoms with van der Waals surface area (Å²) >= 11 is 1.30. The zero-order valence-electron chi connectivity index (χ0n) is 18.0. The lowest BCUT2D eigenvalue weighted by Crippen LogP contribution is -2.38. The summed E-state index contributed by atoms with van der Waals surface area (Å²) in [5.41, 5.74) is 9.05.